The topological polar surface area (TPSA) is 126 Å². The van der Waals surface area contributed by atoms with Crippen molar-refractivity contribution in [1.29, 1.82) is 0 Å². The molecule has 1 atom stereocenters. The molecule has 0 aliphatic heterocycles. The molecule has 2 rings (SSSR count). The molecule has 10 nitrogen and oxygen atoms in total. The van der Waals surface area contributed by atoms with Crippen molar-refractivity contribution in [2.45, 2.75) is 32.8 Å². The maximum atomic E-state index is 12.9. The Morgan fingerprint density at radius 2 is 1.59 bits per heavy atom. The van der Waals surface area contributed by atoms with Crippen LogP contribution < -0.4 is 14.8 Å². The SMILES string of the molecule is CC[s+]1c(NC(=O)c2c(OC)cccc2OC)nnc1C(OC(C)=O)OC(C)=O. The lowest BCUT2D eigenvalue weighted by atomic mass is 10.1. The Bertz CT molecular complexity index is 875. The van der Waals surface area contributed by atoms with Gasteiger partial charge in [0, 0.05) is 13.8 Å². The average molecular weight is 424 g/mol. The Balaban J connectivity index is 2.39. The van der Waals surface area contributed by atoms with Gasteiger partial charge in [-0.3, -0.25) is 19.7 Å². The molecule has 0 bridgehead atoms. The third-order valence-corrected chi connectivity index (χ3v) is 5.64. The number of rotatable bonds is 8. The van der Waals surface area contributed by atoms with Gasteiger partial charge in [-0.1, -0.05) is 16.3 Å². The van der Waals surface area contributed by atoms with Crippen molar-refractivity contribution in [2.75, 3.05) is 19.5 Å². The largest absolute Gasteiger partial charge is 0.496 e. The van der Waals surface area contributed by atoms with Gasteiger partial charge >= 0.3 is 28.4 Å². The zero-order valence-electron chi connectivity index (χ0n) is 16.7. The first kappa shape index (κ1) is 22.1. The average Bonchev–Trinajstić information content (AvgIpc) is 3.08. The van der Waals surface area contributed by atoms with Crippen molar-refractivity contribution in [2.24, 2.45) is 0 Å². The first-order chi connectivity index (χ1) is 13.8. The number of hydrogen-bond acceptors (Lipinski definition) is 9. The van der Waals surface area contributed by atoms with E-state index in [-0.39, 0.29) is 15.7 Å². The highest BCUT2D eigenvalue weighted by Crippen LogP contribution is 2.39. The molecule has 0 radical (unpaired) electrons. The molecule has 1 aromatic heterocycles. The summed E-state index contributed by atoms with van der Waals surface area (Å²) in [6.45, 7) is 4.22. The summed E-state index contributed by atoms with van der Waals surface area (Å²) in [5, 5.41) is 11.2. The van der Waals surface area contributed by atoms with E-state index in [1.54, 1.807) is 18.2 Å². The number of carbonyl (C=O) groups is 3. The first-order valence-corrected chi connectivity index (χ1v) is 9.94. The van der Waals surface area contributed by atoms with E-state index in [2.05, 4.69) is 15.5 Å². The lowest BCUT2D eigenvalue weighted by molar-refractivity contribution is -0.186. The van der Waals surface area contributed by atoms with Crippen molar-refractivity contribution >= 4 is 33.4 Å². The quantitative estimate of drug-likeness (QED) is 0.386. The molecule has 1 aromatic carbocycles. The number of methoxy groups -OCH3 is 2. The van der Waals surface area contributed by atoms with E-state index in [1.165, 1.54) is 28.1 Å². The molecular weight excluding hydrogens is 402 g/mol. The van der Waals surface area contributed by atoms with Gasteiger partial charge in [0.25, 0.3) is 5.91 Å². The Kier molecular flexibility index (Phi) is 7.48. The Morgan fingerprint density at radius 3 is 2.03 bits per heavy atom. The van der Waals surface area contributed by atoms with E-state index >= 15 is 0 Å². The van der Waals surface area contributed by atoms with Gasteiger partial charge in [-0.15, -0.1) is 0 Å². The van der Waals surface area contributed by atoms with Crippen LogP contribution in [0.15, 0.2) is 18.2 Å². The second-order valence-corrected chi connectivity index (χ2v) is 7.73. The van der Waals surface area contributed by atoms with Crippen LogP contribution in [0.1, 0.15) is 42.4 Å². The van der Waals surface area contributed by atoms with Crippen LogP contribution in [0.2, 0.25) is 0 Å². The second-order valence-electron chi connectivity index (χ2n) is 5.57. The fraction of sp³-hybridized carbons (Fsp3) is 0.389. The molecule has 29 heavy (non-hydrogen) atoms. The van der Waals surface area contributed by atoms with Crippen LogP contribution in [0.4, 0.5) is 5.13 Å². The predicted octanol–water partition coefficient (Wildman–Crippen LogP) is 2.64. The lowest BCUT2D eigenvalue weighted by Gasteiger charge is -2.12. The molecule has 0 spiro atoms. The van der Waals surface area contributed by atoms with Gasteiger partial charge in [0.2, 0.25) is 0 Å². The molecule has 11 heteroatoms. The van der Waals surface area contributed by atoms with Crippen LogP contribution in [0, 0.1) is 0 Å². The van der Waals surface area contributed by atoms with E-state index < -0.39 is 34.6 Å². The molecule has 0 saturated carbocycles. The molecule has 1 amide bonds. The zero-order valence-corrected chi connectivity index (χ0v) is 17.5. The van der Waals surface area contributed by atoms with Crippen molar-refractivity contribution in [3.8, 4) is 11.5 Å². The summed E-state index contributed by atoms with van der Waals surface area (Å²) in [4.78, 5) is 35.6. The first-order valence-electron chi connectivity index (χ1n) is 8.55. The third kappa shape index (κ3) is 5.19. The maximum Gasteiger partial charge on any atom is 0.367 e. The number of nitrogens with zero attached hydrogens (tertiary/aromatic N) is 2. The van der Waals surface area contributed by atoms with Crippen molar-refractivity contribution in [3.63, 3.8) is 0 Å². The standard InChI is InChI=1S/C18H21N3O7S/c1-6-29-16(17(27-10(2)22)28-11(3)23)20-21-18(29)19-15(24)14-12(25-4)8-7-9-13(14)26-5/h7-9,17H,6H2,1-5H3/p+1. The monoisotopic (exact) mass is 424 g/mol. The van der Waals surface area contributed by atoms with E-state index in [1.807, 2.05) is 6.92 Å². The predicted molar refractivity (Wildman–Crippen MR) is 104 cm³/mol. The number of ether oxygens (including phenoxy) is 4. The zero-order chi connectivity index (χ0) is 21.6. The summed E-state index contributed by atoms with van der Waals surface area (Å²) in [5.41, 5.74) is 0.199. The molecule has 1 N–H and O–H groups in total. The normalized spacial score (nSPS) is 11.0. The maximum absolute atomic E-state index is 12.9. The van der Waals surface area contributed by atoms with Gasteiger partial charge in [0.15, 0.2) is 0 Å². The summed E-state index contributed by atoms with van der Waals surface area (Å²) < 4.78 is 20.6. The van der Waals surface area contributed by atoms with Crippen LogP contribution in [-0.4, -0.2) is 42.3 Å². The van der Waals surface area contributed by atoms with Gasteiger partial charge in [0.05, 0.1) is 24.7 Å². The highest BCUT2D eigenvalue weighted by molar-refractivity contribution is 7.34. The molecular formula is C18H22N3O7S+. The van der Waals surface area contributed by atoms with Crippen LogP contribution in [-0.2, 0) is 24.8 Å². The van der Waals surface area contributed by atoms with E-state index in [4.69, 9.17) is 18.9 Å². The molecule has 1 unspecified atom stereocenters. The summed E-state index contributed by atoms with van der Waals surface area (Å²) in [6.07, 6.45) is -1.31. The number of carbonyl (C=O) groups excluding carboxylic acids is 3. The van der Waals surface area contributed by atoms with Gasteiger partial charge in [-0.05, 0) is 19.1 Å². The van der Waals surface area contributed by atoms with Gasteiger partial charge in [-0.2, -0.15) is 0 Å². The van der Waals surface area contributed by atoms with Crippen LogP contribution in [0.25, 0.3) is 0 Å². The molecule has 2 aromatic rings. The van der Waals surface area contributed by atoms with Gasteiger partial charge < -0.3 is 18.9 Å². The van der Waals surface area contributed by atoms with Crippen molar-refractivity contribution < 1.29 is 33.3 Å². The molecule has 0 aliphatic rings. The number of esters is 2. The van der Waals surface area contributed by atoms with Crippen molar-refractivity contribution in [3.05, 3.63) is 28.8 Å². The van der Waals surface area contributed by atoms with Gasteiger partial charge in [0.1, 0.15) is 22.8 Å². The Hall–Kier alpha value is -3.21. The summed E-state index contributed by atoms with van der Waals surface area (Å²) in [6, 6.07) is 4.96. The Morgan fingerprint density at radius 1 is 1.03 bits per heavy atom. The number of aromatic nitrogens is 2. The summed E-state index contributed by atoms with van der Waals surface area (Å²) in [7, 11) is 2.04. The number of hydrogen-bond donors (Lipinski definition) is 1. The molecule has 0 fully saturated rings. The third-order valence-electron chi connectivity index (χ3n) is 3.64. The molecule has 1 heterocycles. The highest BCUT2D eigenvalue weighted by Gasteiger charge is 2.36. The number of amides is 1. The number of nitrogens with one attached hydrogen (secondary N) is 1. The molecule has 0 aliphatic carbocycles. The van der Waals surface area contributed by atoms with Gasteiger partial charge in [-0.25, -0.2) is 0 Å². The smallest absolute Gasteiger partial charge is 0.367 e. The van der Waals surface area contributed by atoms with Crippen LogP contribution >= 0.6 is 10.5 Å². The van der Waals surface area contributed by atoms with E-state index in [9.17, 15) is 14.4 Å². The number of anilines is 1. The van der Waals surface area contributed by atoms with Crippen molar-refractivity contribution in [1.82, 2.24) is 10.2 Å². The minimum Gasteiger partial charge on any atom is -0.496 e. The van der Waals surface area contributed by atoms with Crippen LogP contribution in [0.5, 0.6) is 11.5 Å². The van der Waals surface area contributed by atoms with E-state index in [0.29, 0.717) is 17.3 Å². The molecule has 0 saturated heterocycles. The summed E-state index contributed by atoms with van der Waals surface area (Å²) in [5.74, 6) is -0.645. The second kappa shape index (κ2) is 9.82. The minimum absolute atomic E-state index is 0.199. The Labute approximate surface area is 170 Å². The fourth-order valence-electron chi connectivity index (χ4n) is 2.49. The fourth-order valence-corrected chi connectivity index (χ4v) is 4.08. The highest BCUT2D eigenvalue weighted by atomic mass is 32.2. The lowest BCUT2D eigenvalue weighted by Crippen LogP contribution is -2.16. The summed E-state index contributed by atoms with van der Waals surface area (Å²) >= 11 is 0. The minimum atomic E-state index is -1.31. The van der Waals surface area contributed by atoms with Crippen LogP contribution in [0.3, 0.4) is 0 Å². The number of benzene rings is 1. The van der Waals surface area contributed by atoms with E-state index in [0.717, 1.165) is 0 Å². The molecule has 156 valence electrons.